The summed E-state index contributed by atoms with van der Waals surface area (Å²) < 4.78 is 11.0. The lowest BCUT2D eigenvalue weighted by molar-refractivity contribution is 0.0939. The van der Waals surface area contributed by atoms with Crippen molar-refractivity contribution in [2.75, 3.05) is 7.11 Å². The number of rotatable bonds is 7. The van der Waals surface area contributed by atoms with Crippen LogP contribution in [0.5, 0.6) is 11.5 Å². The number of hydrogen-bond acceptors (Lipinski definition) is 3. The highest BCUT2D eigenvalue weighted by molar-refractivity contribution is 5.94. The van der Waals surface area contributed by atoms with E-state index in [0.29, 0.717) is 17.9 Å². The predicted molar refractivity (Wildman–Crippen MR) is 106 cm³/mol. The molecule has 0 bridgehead atoms. The van der Waals surface area contributed by atoms with Crippen molar-refractivity contribution in [2.45, 2.75) is 19.6 Å². The summed E-state index contributed by atoms with van der Waals surface area (Å²) >= 11 is 0. The maximum Gasteiger partial charge on any atom is 0.251 e. The minimum Gasteiger partial charge on any atom is -0.497 e. The van der Waals surface area contributed by atoms with E-state index < -0.39 is 0 Å². The molecule has 3 rings (SSSR count). The van der Waals surface area contributed by atoms with E-state index in [9.17, 15) is 4.79 Å². The molecule has 0 radical (unpaired) electrons. The third-order valence-corrected chi connectivity index (χ3v) is 4.31. The fraction of sp³-hybridized carbons (Fsp3) is 0.174. The van der Waals surface area contributed by atoms with Crippen LogP contribution in [0.25, 0.3) is 0 Å². The molecular formula is C23H23NO3. The van der Waals surface area contributed by atoms with Gasteiger partial charge in [0.05, 0.1) is 13.2 Å². The van der Waals surface area contributed by atoms with Crippen LogP contribution in [0.2, 0.25) is 0 Å². The Morgan fingerprint density at radius 1 is 0.926 bits per heavy atom. The molecule has 3 aromatic carbocycles. The number of methoxy groups -OCH3 is 1. The fourth-order valence-corrected chi connectivity index (χ4v) is 2.72. The molecule has 0 aliphatic rings. The zero-order valence-electron chi connectivity index (χ0n) is 15.5. The Kier molecular flexibility index (Phi) is 6.10. The van der Waals surface area contributed by atoms with Crippen LogP contribution in [0.1, 0.15) is 34.5 Å². The number of carbonyl (C=O) groups excluding carboxylic acids is 1. The van der Waals surface area contributed by atoms with Crippen molar-refractivity contribution in [2.24, 2.45) is 0 Å². The van der Waals surface area contributed by atoms with Crippen molar-refractivity contribution in [3.05, 3.63) is 95.6 Å². The molecular weight excluding hydrogens is 338 g/mol. The van der Waals surface area contributed by atoms with Gasteiger partial charge in [-0.1, -0.05) is 48.5 Å². The molecule has 3 aromatic rings. The second-order valence-electron chi connectivity index (χ2n) is 6.27. The first-order chi connectivity index (χ1) is 13.2. The average Bonchev–Trinajstić information content (AvgIpc) is 2.73. The molecule has 0 saturated heterocycles. The summed E-state index contributed by atoms with van der Waals surface area (Å²) in [5.41, 5.74) is 2.67. The lowest BCUT2D eigenvalue weighted by Gasteiger charge is -2.15. The molecule has 1 unspecified atom stereocenters. The largest absolute Gasteiger partial charge is 0.497 e. The maximum atomic E-state index is 12.6. The van der Waals surface area contributed by atoms with E-state index in [-0.39, 0.29) is 11.9 Å². The number of nitrogens with one attached hydrogen (secondary N) is 1. The van der Waals surface area contributed by atoms with Crippen molar-refractivity contribution in [1.29, 1.82) is 0 Å². The van der Waals surface area contributed by atoms with Crippen molar-refractivity contribution >= 4 is 5.91 Å². The van der Waals surface area contributed by atoms with E-state index in [1.165, 1.54) is 0 Å². The van der Waals surface area contributed by atoms with Crippen LogP contribution in [0.15, 0.2) is 78.9 Å². The maximum absolute atomic E-state index is 12.6. The Labute approximate surface area is 159 Å². The normalized spacial score (nSPS) is 11.5. The predicted octanol–water partition coefficient (Wildman–Crippen LogP) is 4.77. The molecule has 1 atom stereocenters. The van der Waals surface area contributed by atoms with Gasteiger partial charge in [0.1, 0.15) is 18.1 Å². The molecule has 0 heterocycles. The number of ether oxygens (including phenoxy) is 2. The lowest BCUT2D eigenvalue weighted by Crippen LogP contribution is -2.26. The van der Waals surface area contributed by atoms with Crippen LogP contribution >= 0.6 is 0 Å². The molecule has 1 amide bonds. The second-order valence-corrected chi connectivity index (χ2v) is 6.27. The van der Waals surface area contributed by atoms with Gasteiger partial charge in [0.15, 0.2) is 0 Å². The monoisotopic (exact) mass is 361 g/mol. The van der Waals surface area contributed by atoms with Gasteiger partial charge < -0.3 is 14.8 Å². The SMILES string of the molecule is COc1ccc(C(C)NC(=O)c2cccc(OCc3ccccc3)c2)cc1. The standard InChI is InChI=1S/C23H23NO3/c1-17(19-11-13-21(26-2)14-12-19)24-23(25)20-9-6-10-22(15-20)27-16-18-7-4-3-5-8-18/h3-15,17H,16H2,1-2H3,(H,24,25). The summed E-state index contributed by atoms with van der Waals surface area (Å²) in [5, 5.41) is 3.02. The molecule has 27 heavy (non-hydrogen) atoms. The van der Waals surface area contributed by atoms with Gasteiger partial charge in [0.25, 0.3) is 5.91 Å². The number of hydrogen-bond donors (Lipinski definition) is 1. The summed E-state index contributed by atoms with van der Waals surface area (Å²) in [7, 11) is 1.63. The highest BCUT2D eigenvalue weighted by Gasteiger charge is 2.12. The molecule has 4 nitrogen and oxygen atoms in total. The highest BCUT2D eigenvalue weighted by Crippen LogP contribution is 2.19. The van der Waals surface area contributed by atoms with E-state index in [0.717, 1.165) is 16.9 Å². The second kappa shape index (κ2) is 8.90. The molecule has 4 heteroatoms. The van der Waals surface area contributed by atoms with Gasteiger partial charge >= 0.3 is 0 Å². The molecule has 0 fully saturated rings. The van der Waals surface area contributed by atoms with Crippen molar-refractivity contribution < 1.29 is 14.3 Å². The van der Waals surface area contributed by atoms with Gasteiger partial charge in [0, 0.05) is 5.56 Å². The Bertz CT molecular complexity index is 876. The summed E-state index contributed by atoms with van der Waals surface area (Å²) in [5.74, 6) is 1.33. The number of amides is 1. The molecule has 0 saturated carbocycles. The van der Waals surface area contributed by atoms with E-state index in [1.54, 1.807) is 19.2 Å². The lowest BCUT2D eigenvalue weighted by atomic mass is 10.1. The van der Waals surface area contributed by atoms with Gasteiger partial charge in [-0.25, -0.2) is 0 Å². The Balaban J connectivity index is 1.62. The first kappa shape index (κ1) is 18.5. The topological polar surface area (TPSA) is 47.6 Å². The number of carbonyl (C=O) groups is 1. The molecule has 0 spiro atoms. The first-order valence-corrected chi connectivity index (χ1v) is 8.87. The van der Waals surface area contributed by atoms with Crippen LogP contribution in [-0.2, 0) is 6.61 Å². The van der Waals surface area contributed by atoms with Crippen molar-refractivity contribution in [1.82, 2.24) is 5.32 Å². The van der Waals surface area contributed by atoms with Crippen LogP contribution in [0.4, 0.5) is 0 Å². The summed E-state index contributed by atoms with van der Waals surface area (Å²) in [6.45, 7) is 2.42. The quantitative estimate of drug-likeness (QED) is 0.660. The van der Waals surface area contributed by atoms with Crippen LogP contribution in [0, 0.1) is 0 Å². The fourth-order valence-electron chi connectivity index (χ4n) is 2.72. The summed E-state index contributed by atoms with van der Waals surface area (Å²) in [6.07, 6.45) is 0. The first-order valence-electron chi connectivity index (χ1n) is 8.87. The zero-order chi connectivity index (χ0) is 19.1. The summed E-state index contributed by atoms with van der Waals surface area (Å²) in [4.78, 5) is 12.6. The molecule has 1 N–H and O–H groups in total. The van der Waals surface area contributed by atoms with Crippen molar-refractivity contribution in [3.8, 4) is 11.5 Å². The molecule has 0 aliphatic heterocycles. The Morgan fingerprint density at radius 2 is 1.67 bits per heavy atom. The van der Waals surface area contributed by atoms with Gasteiger partial charge in [0.2, 0.25) is 0 Å². The molecule has 138 valence electrons. The third kappa shape index (κ3) is 5.11. The van der Waals surface area contributed by atoms with Crippen LogP contribution < -0.4 is 14.8 Å². The third-order valence-electron chi connectivity index (χ3n) is 4.31. The zero-order valence-corrected chi connectivity index (χ0v) is 15.5. The van der Waals surface area contributed by atoms with Gasteiger partial charge in [-0.15, -0.1) is 0 Å². The Morgan fingerprint density at radius 3 is 2.37 bits per heavy atom. The summed E-state index contributed by atoms with van der Waals surface area (Å²) in [6, 6.07) is 24.7. The van der Waals surface area contributed by atoms with E-state index in [1.807, 2.05) is 73.7 Å². The molecule has 0 aliphatic carbocycles. The smallest absolute Gasteiger partial charge is 0.251 e. The van der Waals surface area contributed by atoms with Gasteiger partial charge in [-0.05, 0) is 48.4 Å². The van der Waals surface area contributed by atoms with Crippen molar-refractivity contribution in [3.63, 3.8) is 0 Å². The molecule has 0 aromatic heterocycles. The van der Waals surface area contributed by atoms with E-state index in [2.05, 4.69) is 5.32 Å². The Hall–Kier alpha value is -3.27. The minimum absolute atomic E-state index is 0.114. The van der Waals surface area contributed by atoms with Gasteiger partial charge in [-0.3, -0.25) is 4.79 Å². The van der Waals surface area contributed by atoms with E-state index >= 15 is 0 Å². The highest BCUT2D eigenvalue weighted by atomic mass is 16.5. The number of benzene rings is 3. The van der Waals surface area contributed by atoms with Gasteiger partial charge in [-0.2, -0.15) is 0 Å². The van der Waals surface area contributed by atoms with E-state index in [4.69, 9.17) is 9.47 Å². The van der Waals surface area contributed by atoms with Crippen LogP contribution in [-0.4, -0.2) is 13.0 Å². The van der Waals surface area contributed by atoms with Crippen LogP contribution in [0.3, 0.4) is 0 Å². The minimum atomic E-state index is -0.136. The average molecular weight is 361 g/mol.